The molecule has 6 heteroatoms. The van der Waals surface area contributed by atoms with Gasteiger partial charge in [-0.25, -0.2) is 4.79 Å². The van der Waals surface area contributed by atoms with Crippen LogP contribution in [0.1, 0.15) is 13.8 Å². The number of carbonyl (C=O) groups is 1. The highest BCUT2D eigenvalue weighted by Crippen LogP contribution is 2.36. The molecule has 0 fully saturated rings. The molecule has 0 spiro atoms. The van der Waals surface area contributed by atoms with E-state index < -0.39 is 15.9 Å². The Balaban J connectivity index is 4.74. The first-order valence-electron chi connectivity index (χ1n) is 3.80. The van der Waals surface area contributed by atoms with Crippen LogP contribution in [0.2, 0.25) is 0 Å². The third-order valence-corrected chi connectivity index (χ3v) is 1.89. The van der Waals surface area contributed by atoms with Crippen LogP contribution in [-0.2, 0) is 9.53 Å². The molecule has 3 nitrogen and oxygen atoms in total. The first kappa shape index (κ1) is 14.0. The molecule has 0 saturated heterocycles. The van der Waals surface area contributed by atoms with Gasteiger partial charge in [0.05, 0.1) is 11.7 Å². The van der Waals surface area contributed by atoms with Gasteiger partial charge in [0.1, 0.15) is 6.10 Å². The molecule has 0 heterocycles. The van der Waals surface area contributed by atoms with E-state index in [1.54, 1.807) is 13.8 Å². The van der Waals surface area contributed by atoms with Crippen LogP contribution in [0.4, 0.5) is 0 Å². The molecule has 0 aliphatic carbocycles. The van der Waals surface area contributed by atoms with E-state index in [1.165, 1.54) is 0 Å². The van der Waals surface area contributed by atoms with Crippen molar-refractivity contribution in [3.05, 3.63) is 12.2 Å². The highest BCUT2D eigenvalue weighted by atomic mass is 35.6. The fourth-order valence-electron chi connectivity index (χ4n) is 0.741. The summed E-state index contributed by atoms with van der Waals surface area (Å²) in [6.45, 7) is 6.71. The Morgan fingerprint density at radius 1 is 1.43 bits per heavy atom. The van der Waals surface area contributed by atoms with Crippen molar-refractivity contribution in [1.82, 2.24) is 0 Å². The molecule has 14 heavy (non-hydrogen) atoms. The molecule has 1 unspecified atom stereocenters. The highest BCUT2D eigenvalue weighted by Gasteiger charge is 2.38. The predicted molar refractivity (Wildman–Crippen MR) is 57.1 cm³/mol. The monoisotopic (exact) mass is 260 g/mol. The number of alkyl halides is 3. The number of ether oxygens (including phenoxy) is 1. The lowest BCUT2D eigenvalue weighted by Gasteiger charge is -2.26. The summed E-state index contributed by atoms with van der Waals surface area (Å²) in [5.41, 5.74) is -0.279. The summed E-state index contributed by atoms with van der Waals surface area (Å²) in [4.78, 5) is 10.6. The van der Waals surface area contributed by atoms with Crippen molar-refractivity contribution in [3.8, 4) is 0 Å². The number of hydrogen-bond acceptors (Lipinski definition) is 2. The zero-order chi connectivity index (χ0) is 11.5. The van der Waals surface area contributed by atoms with Gasteiger partial charge in [-0.1, -0.05) is 41.4 Å². The van der Waals surface area contributed by atoms with Crippen LogP contribution in [-0.4, -0.2) is 27.1 Å². The molecule has 0 aliphatic rings. The molecule has 0 aliphatic heterocycles. The van der Waals surface area contributed by atoms with Crippen molar-refractivity contribution in [3.63, 3.8) is 0 Å². The Morgan fingerprint density at radius 3 is 2.07 bits per heavy atom. The fraction of sp³-hybridized carbons (Fsp3) is 0.625. The average molecular weight is 262 g/mol. The zero-order valence-electron chi connectivity index (χ0n) is 7.76. The van der Waals surface area contributed by atoms with Crippen molar-refractivity contribution < 1.29 is 14.6 Å². The first-order valence-corrected chi connectivity index (χ1v) is 4.94. The summed E-state index contributed by atoms with van der Waals surface area (Å²) in [5.74, 6) is -1.25. The number of aliphatic carboxylic acids is 1. The van der Waals surface area contributed by atoms with Gasteiger partial charge in [0.15, 0.2) is 0 Å². The second kappa shape index (κ2) is 5.21. The lowest BCUT2D eigenvalue weighted by atomic mass is 10.2. The Kier molecular flexibility index (Phi) is 5.23. The molecule has 0 radical (unpaired) electrons. The summed E-state index contributed by atoms with van der Waals surface area (Å²) < 4.78 is 3.33. The van der Waals surface area contributed by atoms with E-state index in [0.29, 0.717) is 0 Å². The number of carboxylic acids is 1. The summed E-state index contributed by atoms with van der Waals surface area (Å²) in [6.07, 6.45) is -1.41. The maximum atomic E-state index is 10.6. The van der Waals surface area contributed by atoms with Crippen molar-refractivity contribution in [1.29, 1.82) is 0 Å². The molecule has 0 amide bonds. The van der Waals surface area contributed by atoms with Gasteiger partial charge >= 0.3 is 5.97 Å². The molecular weight excluding hydrogens is 250 g/mol. The Bertz CT molecular complexity index is 232. The van der Waals surface area contributed by atoms with Crippen LogP contribution in [0.3, 0.4) is 0 Å². The van der Waals surface area contributed by atoms with Gasteiger partial charge in [-0.05, 0) is 13.8 Å². The molecule has 82 valence electrons. The van der Waals surface area contributed by atoms with Gasteiger partial charge in [-0.3, -0.25) is 0 Å². The molecule has 0 aromatic carbocycles. The van der Waals surface area contributed by atoms with Gasteiger partial charge in [0, 0.05) is 0 Å². The second-order valence-electron chi connectivity index (χ2n) is 2.94. The van der Waals surface area contributed by atoms with E-state index in [0.717, 1.165) is 0 Å². The SMILES string of the molecule is C=C(C(=O)O)C(OC(C)C)C(Cl)(Cl)Cl. The van der Waals surface area contributed by atoms with E-state index >= 15 is 0 Å². The summed E-state index contributed by atoms with van der Waals surface area (Å²) in [5, 5.41) is 8.67. The molecule has 0 bridgehead atoms. The van der Waals surface area contributed by atoms with E-state index in [1.807, 2.05) is 0 Å². The average Bonchev–Trinajstić information content (AvgIpc) is 1.96. The molecule has 1 atom stereocenters. The Morgan fingerprint density at radius 2 is 1.86 bits per heavy atom. The summed E-state index contributed by atoms with van der Waals surface area (Å²) >= 11 is 16.7. The maximum absolute atomic E-state index is 10.6. The topological polar surface area (TPSA) is 46.5 Å². The lowest BCUT2D eigenvalue weighted by molar-refractivity contribution is -0.134. The number of rotatable bonds is 4. The van der Waals surface area contributed by atoms with Crippen LogP contribution in [0, 0.1) is 0 Å². The predicted octanol–water partition coefficient (Wildman–Crippen LogP) is 2.79. The molecule has 1 N–H and O–H groups in total. The van der Waals surface area contributed by atoms with E-state index in [2.05, 4.69) is 6.58 Å². The maximum Gasteiger partial charge on any atom is 0.333 e. The van der Waals surface area contributed by atoms with E-state index in [-0.39, 0.29) is 11.7 Å². The van der Waals surface area contributed by atoms with Gasteiger partial charge in [-0.2, -0.15) is 0 Å². The third kappa shape index (κ3) is 4.51. The second-order valence-corrected chi connectivity index (χ2v) is 5.31. The normalized spacial score (nSPS) is 14.1. The van der Waals surface area contributed by atoms with Crippen LogP contribution in [0.25, 0.3) is 0 Å². The quantitative estimate of drug-likeness (QED) is 0.625. The molecule has 0 rings (SSSR count). The van der Waals surface area contributed by atoms with Crippen LogP contribution < -0.4 is 0 Å². The van der Waals surface area contributed by atoms with E-state index in [9.17, 15) is 4.79 Å². The number of halogens is 3. The first-order chi connectivity index (χ1) is 6.16. The molecule has 0 saturated carbocycles. The smallest absolute Gasteiger partial charge is 0.333 e. The van der Waals surface area contributed by atoms with Gasteiger partial charge in [0.2, 0.25) is 3.79 Å². The van der Waals surface area contributed by atoms with Crippen molar-refractivity contribution >= 4 is 40.8 Å². The molecular formula is C8H11Cl3O3. The van der Waals surface area contributed by atoms with E-state index in [4.69, 9.17) is 44.6 Å². The Hall–Kier alpha value is 0.0400. The lowest BCUT2D eigenvalue weighted by Crippen LogP contribution is -2.35. The van der Waals surface area contributed by atoms with Crippen molar-refractivity contribution in [2.75, 3.05) is 0 Å². The van der Waals surface area contributed by atoms with Crippen LogP contribution in [0.15, 0.2) is 12.2 Å². The Labute approximate surface area is 97.6 Å². The largest absolute Gasteiger partial charge is 0.478 e. The van der Waals surface area contributed by atoms with Gasteiger partial charge in [0.25, 0.3) is 0 Å². The standard InChI is InChI=1S/C8H11Cl3O3/c1-4(2)14-6(8(9,10)11)5(3)7(12)13/h4,6H,3H2,1-2H3,(H,12,13). The van der Waals surface area contributed by atoms with Crippen molar-refractivity contribution in [2.45, 2.75) is 29.8 Å². The number of hydrogen-bond donors (Lipinski definition) is 1. The third-order valence-electron chi connectivity index (χ3n) is 1.30. The zero-order valence-corrected chi connectivity index (χ0v) is 10.0. The summed E-state index contributed by atoms with van der Waals surface area (Å²) in [7, 11) is 0. The minimum atomic E-state index is -1.83. The minimum absolute atomic E-state index is 0.258. The highest BCUT2D eigenvalue weighted by molar-refractivity contribution is 6.68. The molecule has 0 aromatic heterocycles. The minimum Gasteiger partial charge on any atom is -0.478 e. The number of carboxylic acid groups (broad SMARTS) is 1. The van der Waals surface area contributed by atoms with Crippen LogP contribution >= 0.6 is 34.8 Å². The van der Waals surface area contributed by atoms with Gasteiger partial charge in [-0.15, -0.1) is 0 Å². The molecule has 0 aromatic rings. The summed E-state index contributed by atoms with van der Waals surface area (Å²) in [6, 6.07) is 0. The van der Waals surface area contributed by atoms with Crippen LogP contribution in [0.5, 0.6) is 0 Å². The van der Waals surface area contributed by atoms with Gasteiger partial charge < -0.3 is 9.84 Å². The van der Waals surface area contributed by atoms with Crippen molar-refractivity contribution in [2.24, 2.45) is 0 Å². The fourth-order valence-corrected chi connectivity index (χ4v) is 1.29.